The summed E-state index contributed by atoms with van der Waals surface area (Å²) in [5.41, 5.74) is -0.149. The molecule has 1 aliphatic heterocycles. The predicted octanol–water partition coefficient (Wildman–Crippen LogP) is 3.95. The number of amides is 1. The fourth-order valence-electron chi connectivity index (χ4n) is 3.38. The SMILES string of the molecule is CC1CC1C(=O)NC(c1cccc(C(F)(F)F)c1)C1CCOCC1. The van der Waals surface area contributed by atoms with Gasteiger partial charge in [0.25, 0.3) is 0 Å². The summed E-state index contributed by atoms with van der Waals surface area (Å²) in [7, 11) is 0. The lowest BCUT2D eigenvalue weighted by Crippen LogP contribution is -2.37. The van der Waals surface area contributed by atoms with Crippen LogP contribution >= 0.6 is 0 Å². The maximum Gasteiger partial charge on any atom is 0.416 e. The van der Waals surface area contributed by atoms with Crippen molar-refractivity contribution in [3.63, 3.8) is 0 Å². The van der Waals surface area contributed by atoms with E-state index in [1.54, 1.807) is 6.07 Å². The number of carbonyl (C=O) groups is 1. The molecule has 3 nitrogen and oxygen atoms in total. The van der Waals surface area contributed by atoms with E-state index in [0.717, 1.165) is 31.4 Å². The molecule has 0 spiro atoms. The van der Waals surface area contributed by atoms with Gasteiger partial charge in [-0.05, 0) is 48.8 Å². The highest BCUT2D eigenvalue weighted by molar-refractivity contribution is 5.81. The number of ether oxygens (including phenoxy) is 1. The molecular weight excluding hydrogens is 319 g/mol. The zero-order valence-corrected chi connectivity index (χ0v) is 13.6. The summed E-state index contributed by atoms with van der Waals surface area (Å²) in [5.74, 6) is 0.414. The number of hydrogen-bond donors (Lipinski definition) is 1. The van der Waals surface area contributed by atoms with Crippen LogP contribution in [0.2, 0.25) is 0 Å². The molecule has 1 saturated heterocycles. The minimum atomic E-state index is -4.38. The Labute approximate surface area is 139 Å². The maximum atomic E-state index is 13.0. The van der Waals surface area contributed by atoms with E-state index in [2.05, 4.69) is 5.32 Å². The van der Waals surface area contributed by atoms with Crippen molar-refractivity contribution in [3.8, 4) is 0 Å². The molecule has 1 aliphatic carbocycles. The molecule has 24 heavy (non-hydrogen) atoms. The van der Waals surface area contributed by atoms with Crippen LogP contribution in [0.3, 0.4) is 0 Å². The van der Waals surface area contributed by atoms with Crippen molar-refractivity contribution in [1.82, 2.24) is 5.32 Å². The van der Waals surface area contributed by atoms with Crippen molar-refractivity contribution in [3.05, 3.63) is 35.4 Å². The van der Waals surface area contributed by atoms with E-state index in [9.17, 15) is 18.0 Å². The Morgan fingerprint density at radius 1 is 1.29 bits per heavy atom. The summed E-state index contributed by atoms with van der Waals surface area (Å²) < 4.78 is 44.4. The molecule has 1 amide bonds. The highest BCUT2D eigenvalue weighted by atomic mass is 19.4. The first-order valence-corrected chi connectivity index (χ1v) is 8.41. The Morgan fingerprint density at radius 2 is 1.96 bits per heavy atom. The molecule has 6 heteroatoms. The van der Waals surface area contributed by atoms with Gasteiger partial charge in [0, 0.05) is 19.1 Å². The monoisotopic (exact) mass is 341 g/mol. The van der Waals surface area contributed by atoms with Crippen molar-refractivity contribution in [1.29, 1.82) is 0 Å². The van der Waals surface area contributed by atoms with Gasteiger partial charge in [0.15, 0.2) is 0 Å². The smallest absolute Gasteiger partial charge is 0.381 e. The quantitative estimate of drug-likeness (QED) is 0.901. The van der Waals surface area contributed by atoms with Crippen LogP contribution in [0.25, 0.3) is 0 Å². The molecule has 0 bridgehead atoms. The van der Waals surface area contributed by atoms with Gasteiger partial charge < -0.3 is 10.1 Å². The van der Waals surface area contributed by atoms with Gasteiger partial charge in [-0.1, -0.05) is 19.1 Å². The largest absolute Gasteiger partial charge is 0.416 e. The Balaban J connectivity index is 1.84. The molecule has 2 aliphatic rings. The topological polar surface area (TPSA) is 38.3 Å². The predicted molar refractivity (Wildman–Crippen MR) is 83.1 cm³/mol. The normalized spacial score (nSPS) is 26.0. The van der Waals surface area contributed by atoms with Crippen LogP contribution in [0.4, 0.5) is 13.2 Å². The van der Waals surface area contributed by atoms with Crippen molar-refractivity contribution < 1.29 is 22.7 Å². The summed E-state index contributed by atoms with van der Waals surface area (Å²) in [5, 5.41) is 3.01. The van der Waals surface area contributed by atoms with Crippen LogP contribution in [0.1, 0.15) is 43.4 Å². The van der Waals surface area contributed by atoms with Crippen molar-refractivity contribution in [2.75, 3.05) is 13.2 Å². The number of halogens is 3. The molecule has 0 aromatic heterocycles. The molecule has 0 radical (unpaired) electrons. The number of hydrogen-bond acceptors (Lipinski definition) is 2. The molecule has 3 rings (SSSR count). The second kappa shape index (κ2) is 6.75. The van der Waals surface area contributed by atoms with Gasteiger partial charge in [0.1, 0.15) is 0 Å². The third kappa shape index (κ3) is 3.91. The van der Waals surface area contributed by atoms with Crippen LogP contribution in [-0.4, -0.2) is 19.1 Å². The second-order valence-electron chi connectivity index (χ2n) is 6.88. The van der Waals surface area contributed by atoms with Gasteiger partial charge in [-0.2, -0.15) is 13.2 Å². The fraction of sp³-hybridized carbons (Fsp3) is 0.611. The van der Waals surface area contributed by atoms with Crippen LogP contribution in [0.5, 0.6) is 0 Å². The van der Waals surface area contributed by atoms with Crippen LogP contribution in [-0.2, 0) is 15.7 Å². The maximum absolute atomic E-state index is 13.0. The molecule has 1 aromatic carbocycles. The van der Waals surface area contributed by atoms with Gasteiger partial charge in [-0.25, -0.2) is 0 Å². The molecule has 3 unspecified atom stereocenters. The van der Waals surface area contributed by atoms with E-state index in [4.69, 9.17) is 4.74 Å². The Hall–Kier alpha value is -1.56. The van der Waals surface area contributed by atoms with Crippen LogP contribution in [0.15, 0.2) is 24.3 Å². The number of nitrogens with one attached hydrogen (secondary N) is 1. The molecule has 1 aromatic rings. The molecule has 1 N–H and O–H groups in total. The van der Waals surface area contributed by atoms with Gasteiger partial charge in [0.2, 0.25) is 5.91 Å². The Bertz CT molecular complexity index is 596. The summed E-state index contributed by atoms with van der Waals surface area (Å²) in [4.78, 5) is 12.4. The fourth-order valence-corrected chi connectivity index (χ4v) is 3.38. The third-order valence-electron chi connectivity index (χ3n) is 5.05. The Morgan fingerprint density at radius 3 is 2.54 bits per heavy atom. The third-order valence-corrected chi connectivity index (χ3v) is 5.05. The van der Waals surface area contributed by atoms with Crippen LogP contribution in [0, 0.1) is 17.8 Å². The molecule has 2 fully saturated rings. The van der Waals surface area contributed by atoms with E-state index in [-0.39, 0.29) is 17.7 Å². The molecule has 3 atom stereocenters. The standard InChI is InChI=1S/C18H22F3NO2/c1-11-9-15(11)17(23)22-16(12-5-7-24-8-6-12)13-3-2-4-14(10-13)18(19,20)21/h2-4,10-12,15-16H,5-9H2,1H3,(H,22,23). The van der Waals surface area contributed by atoms with Crippen molar-refractivity contribution >= 4 is 5.91 Å². The first-order valence-electron chi connectivity index (χ1n) is 8.41. The van der Waals surface area contributed by atoms with E-state index >= 15 is 0 Å². The molecular formula is C18H22F3NO2. The van der Waals surface area contributed by atoms with Gasteiger partial charge in [0.05, 0.1) is 11.6 Å². The molecule has 132 valence electrons. The number of rotatable bonds is 4. The van der Waals surface area contributed by atoms with Crippen molar-refractivity contribution in [2.24, 2.45) is 17.8 Å². The lowest BCUT2D eigenvalue weighted by molar-refractivity contribution is -0.137. The van der Waals surface area contributed by atoms with Crippen molar-refractivity contribution in [2.45, 2.75) is 38.4 Å². The van der Waals surface area contributed by atoms with Gasteiger partial charge in [-0.3, -0.25) is 4.79 Å². The number of carbonyl (C=O) groups excluding carboxylic acids is 1. The van der Waals surface area contributed by atoms with Gasteiger partial charge >= 0.3 is 6.18 Å². The van der Waals surface area contributed by atoms with E-state index in [0.29, 0.717) is 24.7 Å². The van der Waals surface area contributed by atoms with E-state index < -0.39 is 17.8 Å². The average Bonchev–Trinajstić information content (AvgIpc) is 3.29. The number of benzene rings is 1. The summed E-state index contributed by atoms with van der Waals surface area (Å²) >= 11 is 0. The first kappa shape index (κ1) is 17.3. The first-order chi connectivity index (χ1) is 11.4. The average molecular weight is 341 g/mol. The lowest BCUT2D eigenvalue weighted by Gasteiger charge is -2.31. The minimum absolute atomic E-state index is 0.00172. The minimum Gasteiger partial charge on any atom is -0.381 e. The van der Waals surface area contributed by atoms with E-state index in [1.165, 1.54) is 6.07 Å². The highest BCUT2D eigenvalue weighted by Crippen LogP contribution is 2.40. The molecule has 1 heterocycles. The molecule has 1 saturated carbocycles. The lowest BCUT2D eigenvalue weighted by atomic mass is 9.86. The summed E-state index contributed by atoms with van der Waals surface area (Å²) in [6.45, 7) is 3.17. The second-order valence-corrected chi connectivity index (χ2v) is 6.88. The zero-order valence-electron chi connectivity index (χ0n) is 13.6. The van der Waals surface area contributed by atoms with Gasteiger partial charge in [-0.15, -0.1) is 0 Å². The zero-order chi connectivity index (χ0) is 17.3. The van der Waals surface area contributed by atoms with Crippen LogP contribution < -0.4 is 5.32 Å². The highest BCUT2D eigenvalue weighted by Gasteiger charge is 2.41. The Kier molecular flexibility index (Phi) is 4.85. The van der Waals surface area contributed by atoms with E-state index in [1.807, 2.05) is 6.92 Å². The summed E-state index contributed by atoms with van der Waals surface area (Å²) in [6.07, 6.45) is -2.05. The number of alkyl halides is 3. The summed E-state index contributed by atoms with van der Waals surface area (Å²) in [6, 6.07) is 4.92.